The van der Waals surface area contributed by atoms with Crippen LogP contribution < -0.4 is 5.32 Å². The first-order valence-electron chi connectivity index (χ1n) is 12.7. The Labute approximate surface area is 199 Å². The fourth-order valence-corrected chi connectivity index (χ4v) is 6.89. The minimum absolute atomic E-state index is 0.0834. The van der Waals surface area contributed by atoms with E-state index >= 15 is 0 Å². The number of benzene rings is 1. The van der Waals surface area contributed by atoms with E-state index in [-0.39, 0.29) is 18.4 Å². The van der Waals surface area contributed by atoms with Gasteiger partial charge >= 0.3 is 0 Å². The highest BCUT2D eigenvalue weighted by Crippen LogP contribution is 2.26. The van der Waals surface area contributed by atoms with Crippen molar-refractivity contribution < 1.29 is 13.2 Å². The summed E-state index contributed by atoms with van der Waals surface area (Å²) in [7, 11) is -3.49. The van der Waals surface area contributed by atoms with E-state index in [0.717, 1.165) is 56.9 Å². The number of anilines is 1. The second-order valence-electron chi connectivity index (χ2n) is 10.4. The van der Waals surface area contributed by atoms with Crippen molar-refractivity contribution in [1.29, 1.82) is 0 Å². The van der Waals surface area contributed by atoms with E-state index in [0.29, 0.717) is 25.6 Å². The lowest BCUT2D eigenvalue weighted by Crippen LogP contribution is -2.51. The lowest BCUT2D eigenvalue weighted by Gasteiger charge is -2.37. The Morgan fingerprint density at radius 3 is 2.12 bits per heavy atom. The lowest BCUT2D eigenvalue weighted by atomic mass is 9.98. The fraction of sp³-hybridized carbons (Fsp3) is 0.720. The number of rotatable bonds is 6. The van der Waals surface area contributed by atoms with Gasteiger partial charge in [0.05, 0.1) is 5.92 Å². The summed E-state index contributed by atoms with van der Waals surface area (Å²) in [4.78, 5) is 15.4. The van der Waals surface area contributed by atoms with Gasteiger partial charge in [0.2, 0.25) is 5.91 Å². The summed E-state index contributed by atoms with van der Waals surface area (Å²) in [5.41, 5.74) is 2.04. The van der Waals surface area contributed by atoms with Crippen LogP contribution in [0.4, 0.5) is 5.69 Å². The molecule has 7 nitrogen and oxygen atoms in total. The van der Waals surface area contributed by atoms with Gasteiger partial charge in [-0.25, -0.2) is 0 Å². The van der Waals surface area contributed by atoms with Crippen molar-refractivity contribution in [1.82, 2.24) is 13.5 Å². The van der Waals surface area contributed by atoms with Gasteiger partial charge in [-0.3, -0.25) is 9.69 Å². The fourth-order valence-electron chi connectivity index (χ4n) is 5.16. The Kier molecular flexibility index (Phi) is 8.10. The van der Waals surface area contributed by atoms with Gasteiger partial charge in [-0.1, -0.05) is 26.0 Å². The monoisotopic (exact) mass is 476 g/mol. The molecule has 0 radical (unpaired) electrons. The lowest BCUT2D eigenvalue weighted by molar-refractivity contribution is -0.120. The summed E-state index contributed by atoms with van der Waals surface area (Å²) >= 11 is 0. The number of carbonyl (C=O) groups is 1. The Morgan fingerprint density at radius 2 is 1.48 bits per heavy atom. The summed E-state index contributed by atoms with van der Waals surface area (Å²) < 4.78 is 29.4. The summed E-state index contributed by atoms with van der Waals surface area (Å²) in [6, 6.07) is 8.10. The van der Waals surface area contributed by atoms with Crippen molar-refractivity contribution in [2.75, 3.05) is 44.6 Å². The molecule has 0 aromatic heterocycles. The predicted octanol–water partition coefficient (Wildman–Crippen LogP) is 3.55. The first-order valence-corrected chi connectivity index (χ1v) is 14.1. The van der Waals surface area contributed by atoms with Crippen molar-refractivity contribution in [3.05, 3.63) is 29.8 Å². The molecule has 1 unspecified atom stereocenters. The average molecular weight is 477 g/mol. The third kappa shape index (κ3) is 6.35. The van der Waals surface area contributed by atoms with E-state index in [1.165, 1.54) is 22.7 Å². The summed E-state index contributed by atoms with van der Waals surface area (Å²) in [5.74, 6) is 1.01. The number of piperidine rings is 3. The molecule has 3 fully saturated rings. The van der Waals surface area contributed by atoms with Crippen LogP contribution in [-0.2, 0) is 21.5 Å². The Balaban J connectivity index is 1.30. The predicted molar refractivity (Wildman–Crippen MR) is 132 cm³/mol. The topological polar surface area (TPSA) is 73.0 Å². The highest BCUT2D eigenvalue weighted by atomic mass is 32.2. The first-order chi connectivity index (χ1) is 15.8. The van der Waals surface area contributed by atoms with Crippen LogP contribution in [0, 0.1) is 17.8 Å². The van der Waals surface area contributed by atoms with Gasteiger partial charge in [0.25, 0.3) is 10.2 Å². The van der Waals surface area contributed by atoms with Gasteiger partial charge in [0.1, 0.15) is 0 Å². The molecular formula is C25H40N4O3S. The van der Waals surface area contributed by atoms with Gasteiger partial charge in [-0.15, -0.1) is 0 Å². The molecule has 0 bridgehead atoms. The minimum Gasteiger partial charge on any atom is -0.326 e. The van der Waals surface area contributed by atoms with E-state index in [4.69, 9.17) is 0 Å². The summed E-state index contributed by atoms with van der Waals surface area (Å²) in [6.07, 6.45) is 5.78. The maximum atomic E-state index is 13.1. The van der Waals surface area contributed by atoms with Crippen LogP contribution in [-0.4, -0.2) is 67.1 Å². The van der Waals surface area contributed by atoms with E-state index in [9.17, 15) is 13.2 Å². The molecule has 0 aliphatic carbocycles. The number of amides is 1. The molecule has 184 valence electrons. The second-order valence-corrected chi connectivity index (χ2v) is 12.4. The highest BCUT2D eigenvalue weighted by molar-refractivity contribution is 7.86. The normalized spacial score (nSPS) is 25.2. The maximum Gasteiger partial charge on any atom is 0.281 e. The van der Waals surface area contributed by atoms with Crippen molar-refractivity contribution >= 4 is 21.8 Å². The molecule has 3 saturated heterocycles. The van der Waals surface area contributed by atoms with E-state index in [1.54, 1.807) is 4.31 Å². The number of hydrogen-bond donors (Lipinski definition) is 1. The summed E-state index contributed by atoms with van der Waals surface area (Å²) in [6.45, 7) is 9.68. The molecule has 0 spiro atoms. The quantitative estimate of drug-likeness (QED) is 0.682. The molecule has 1 aromatic rings. The van der Waals surface area contributed by atoms with Gasteiger partial charge in [0, 0.05) is 38.4 Å². The van der Waals surface area contributed by atoms with E-state index in [2.05, 4.69) is 36.2 Å². The zero-order valence-electron chi connectivity index (χ0n) is 20.2. The van der Waals surface area contributed by atoms with Crippen molar-refractivity contribution in [3.63, 3.8) is 0 Å². The zero-order chi connectivity index (χ0) is 23.4. The Morgan fingerprint density at radius 1 is 0.879 bits per heavy atom. The van der Waals surface area contributed by atoms with Gasteiger partial charge < -0.3 is 5.32 Å². The molecule has 1 atom stereocenters. The minimum atomic E-state index is -3.49. The van der Waals surface area contributed by atoms with Gasteiger partial charge in [-0.05, 0) is 81.1 Å². The molecule has 33 heavy (non-hydrogen) atoms. The number of nitrogens with zero attached hydrogens (tertiary/aromatic N) is 3. The SMILES string of the molecule is CC1CCN(Cc2ccc(NC(=O)C3CCCN(S(=O)(=O)N4CCC(C)CC4)C3)cc2)CC1. The van der Waals surface area contributed by atoms with E-state index in [1.807, 2.05) is 12.1 Å². The highest BCUT2D eigenvalue weighted by Gasteiger charge is 2.37. The Bertz CT molecular complexity index is 889. The third-order valence-electron chi connectivity index (χ3n) is 7.65. The number of likely N-dealkylation sites (tertiary alicyclic amines) is 1. The smallest absolute Gasteiger partial charge is 0.281 e. The molecule has 3 aliphatic heterocycles. The molecule has 0 saturated carbocycles. The molecular weight excluding hydrogens is 436 g/mol. The molecule has 1 amide bonds. The average Bonchev–Trinajstić information content (AvgIpc) is 2.82. The molecule has 4 rings (SSSR count). The largest absolute Gasteiger partial charge is 0.326 e. The summed E-state index contributed by atoms with van der Waals surface area (Å²) in [5, 5.41) is 3.02. The standard InChI is InChI=1S/C25H40N4O3S/c1-20-9-14-27(15-10-20)18-22-5-7-24(8-6-22)26-25(30)23-4-3-13-29(19-23)33(31,32)28-16-11-21(2)12-17-28/h5-8,20-21,23H,3-4,9-19H2,1-2H3,(H,26,30). The van der Waals surface area contributed by atoms with Crippen molar-refractivity contribution in [2.24, 2.45) is 17.8 Å². The molecule has 1 aromatic carbocycles. The van der Waals surface area contributed by atoms with Crippen molar-refractivity contribution in [3.8, 4) is 0 Å². The van der Waals surface area contributed by atoms with Crippen LogP contribution in [0.5, 0.6) is 0 Å². The second kappa shape index (κ2) is 10.8. The van der Waals surface area contributed by atoms with Gasteiger partial charge in [0.15, 0.2) is 0 Å². The van der Waals surface area contributed by atoms with Crippen molar-refractivity contribution in [2.45, 2.75) is 58.9 Å². The van der Waals surface area contributed by atoms with Crippen LogP contribution in [0.15, 0.2) is 24.3 Å². The van der Waals surface area contributed by atoms with Gasteiger partial charge in [-0.2, -0.15) is 17.0 Å². The molecule has 3 aliphatic rings. The molecule has 3 heterocycles. The number of hydrogen-bond acceptors (Lipinski definition) is 4. The molecule has 8 heteroatoms. The Hall–Kier alpha value is -1.48. The number of carbonyl (C=O) groups excluding carboxylic acids is 1. The van der Waals surface area contributed by atoms with Crippen LogP contribution in [0.1, 0.15) is 57.9 Å². The molecule has 1 N–H and O–H groups in total. The van der Waals surface area contributed by atoms with Crippen LogP contribution in [0.25, 0.3) is 0 Å². The van der Waals surface area contributed by atoms with Crippen LogP contribution in [0.2, 0.25) is 0 Å². The number of nitrogens with one attached hydrogen (secondary N) is 1. The third-order valence-corrected chi connectivity index (χ3v) is 9.66. The first kappa shape index (κ1) is 24.6. The maximum absolute atomic E-state index is 13.1. The van der Waals surface area contributed by atoms with Crippen LogP contribution in [0.3, 0.4) is 0 Å². The zero-order valence-corrected chi connectivity index (χ0v) is 21.0. The van der Waals surface area contributed by atoms with E-state index < -0.39 is 10.2 Å². The van der Waals surface area contributed by atoms with Crippen LogP contribution >= 0.6 is 0 Å².